The maximum atomic E-state index is 11.2. The Morgan fingerprint density at radius 2 is 2.36 bits per heavy atom. The predicted octanol–water partition coefficient (Wildman–Crippen LogP) is 0.109. The molecule has 1 aliphatic heterocycles. The van der Waals surface area contributed by atoms with Gasteiger partial charge in [-0.2, -0.15) is 0 Å². The second kappa shape index (κ2) is 2.21. The van der Waals surface area contributed by atoms with Gasteiger partial charge in [-0.3, -0.25) is 9.69 Å². The molecule has 2 fully saturated rings. The second-order valence-corrected chi connectivity index (χ2v) is 3.57. The lowest BCUT2D eigenvalue weighted by atomic mass is 10.2. The van der Waals surface area contributed by atoms with Crippen LogP contribution in [0.3, 0.4) is 0 Å². The summed E-state index contributed by atoms with van der Waals surface area (Å²) in [4.78, 5) is 13.3. The molecule has 0 unspecified atom stereocenters. The van der Waals surface area contributed by atoms with E-state index in [9.17, 15) is 4.79 Å². The van der Waals surface area contributed by atoms with E-state index in [1.54, 1.807) is 0 Å². The van der Waals surface area contributed by atoms with Gasteiger partial charge in [-0.05, 0) is 25.3 Å². The molecule has 1 saturated heterocycles. The molecule has 11 heavy (non-hydrogen) atoms. The standard InChI is InChI=1S/C8H13NO2/c1-9-4-5-3-6(5)7(9)8(10)11-2/h5-7H,3-4H2,1-2H3/t5-,6-,7-/m1/s1. The molecule has 0 aromatic rings. The fraction of sp³-hybridized carbons (Fsp3) is 0.875. The molecule has 0 spiro atoms. The normalized spacial score (nSPS) is 41.8. The van der Waals surface area contributed by atoms with Crippen LogP contribution >= 0.6 is 0 Å². The quantitative estimate of drug-likeness (QED) is 0.503. The van der Waals surface area contributed by atoms with Crippen LogP contribution in [-0.4, -0.2) is 37.6 Å². The van der Waals surface area contributed by atoms with Crippen molar-refractivity contribution >= 4 is 5.97 Å². The largest absolute Gasteiger partial charge is 0.468 e. The van der Waals surface area contributed by atoms with E-state index in [2.05, 4.69) is 4.90 Å². The topological polar surface area (TPSA) is 29.5 Å². The lowest BCUT2D eigenvalue weighted by Crippen LogP contribution is -2.37. The number of nitrogens with zero attached hydrogens (tertiary/aromatic N) is 1. The molecule has 62 valence electrons. The molecule has 1 saturated carbocycles. The van der Waals surface area contributed by atoms with Gasteiger partial charge in [-0.25, -0.2) is 0 Å². The number of carbonyl (C=O) groups excluding carboxylic acids is 1. The number of ether oxygens (including phenoxy) is 1. The molecule has 1 heterocycles. The first-order valence-electron chi connectivity index (χ1n) is 4.02. The van der Waals surface area contributed by atoms with E-state index in [1.165, 1.54) is 13.5 Å². The lowest BCUT2D eigenvalue weighted by Gasteiger charge is -2.19. The first-order valence-corrected chi connectivity index (χ1v) is 4.02. The van der Waals surface area contributed by atoms with Gasteiger partial charge in [0.1, 0.15) is 6.04 Å². The third kappa shape index (κ3) is 0.948. The number of fused-ring (bicyclic) bond motifs is 1. The predicted molar refractivity (Wildman–Crippen MR) is 40.0 cm³/mol. The Hall–Kier alpha value is -0.570. The van der Waals surface area contributed by atoms with Crippen molar-refractivity contribution < 1.29 is 9.53 Å². The van der Waals surface area contributed by atoms with Crippen LogP contribution in [0.5, 0.6) is 0 Å². The van der Waals surface area contributed by atoms with Gasteiger partial charge in [0.2, 0.25) is 0 Å². The van der Waals surface area contributed by atoms with Gasteiger partial charge < -0.3 is 4.74 Å². The van der Waals surface area contributed by atoms with Crippen molar-refractivity contribution in [3.05, 3.63) is 0 Å². The fourth-order valence-corrected chi connectivity index (χ4v) is 2.15. The van der Waals surface area contributed by atoms with Crippen molar-refractivity contribution in [2.24, 2.45) is 11.8 Å². The number of rotatable bonds is 1. The van der Waals surface area contributed by atoms with Crippen LogP contribution in [0.4, 0.5) is 0 Å². The van der Waals surface area contributed by atoms with Crippen LogP contribution in [0.2, 0.25) is 0 Å². The summed E-state index contributed by atoms with van der Waals surface area (Å²) in [6.07, 6.45) is 1.23. The van der Waals surface area contributed by atoms with Crippen LogP contribution in [-0.2, 0) is 9.53 Å². The van der Waals surface area contributed by atoms with Crippen molar-refractivity contribution in [1.29, 1.82) is 0 Å². The van der Waals surface area contributed by atoms with E-state index in [0.29, 0.717) is 5.92 Å². The zero-order chi connectivity index (χ0) is 8.01. The highest BCUT2D eigenvalue weighted by atomic mass is 16.5. The van der Waals surface area contributed by atoms with E-state index in [-0.39, 0.29) is 12.0 Å². The minimum atomic E-state index is -0.0579. The van der Waals surface area contributed by atoms with Gasteiger partial charge in [-0.1, -0.05) is 0 Å². The van der Waals surface area contributed by atoms with Gasteiger partial charge in [-0.15, -0.1) is 0 Å². The molecule has 0 aromatic carbocycles. The minimum absolute atomic E-state index is 0.0579. The van der Waals surface area contributed by atoms with Gasteiger partial charge in [0, 0.05) is 6.54 Å². The summed E-state index contributed by atoms with van der Waals surface area (Å²) in [6.45, 7) is 1.07. The number of likely N-dealkylation sites (tertiary alicyclic amines) is 1. The van der Waals surface area contributed by atoms with Crippen molar-refractivity contribution in [1.82, 2.24) is 4.90 Å². The molecule has 0 aromatic heterocycles. The van der Waals surface area contributed by atoms with E-state index >= 15 is 0 Å². The molecule has 0 radical (unpaired) electrons. The van der Waals surface area contributed by atoms with Crippen molar-refractivity contribution in [2.45, 2.75) is 12.5 Å². The van der Waals surface area contributed by atoms with E-state index < -0.39 is 0 Å². The van der Waals surface area contributed by atoms with Crippen LogP contribution in [0.15, 0.2) is 0 Å². The summed E-state index contributed by atoms with van der Waals surface area (Å²) in [6, 6.07) is 0.0602. The SMILES string of the molecule is COC(=O)[C@H]1[C@@H]2C[C@@H]2CN1C. The average Bonchev–Trinajstić information content (AvgIpc) is 2.63. The Morgan fingerprint density at radius 3 is 2.82 bits per heavy atom. The fourth-order valence-electron chi connectivity index (χ4n) is 2.15. The van der Waals surface area contributed by atoms with Gasteiger partial charge in [0.15, 0.2) is 0 Å². The molecule has 0 bridgehead atoms. The molecular weight excluding hydrogens is 142 g/mol. The number of likely N-dealkylation sites (N-methyl/N-ethyl adjacent to an activating group) is 1. The number of piperidine rings is 1. The third-order valence-electron chi connectivity index (χ3n) is 2.82. The summed E-state index contributed by atoms with van der Waals surface area (Å²) in [7, 11) is 3.46. The average molecular weight is 155 g/mol. The Balaban J connectivity index is 2.06. The third-order valence-corrected chi connectivity index (χ3v) is 2.82. The zero-order valence-electron chi connectivity index (χ0n) is 6.91. The highest BCUT2D eigenvalue weighted by Crippen LogP contribution is 2.49. The first-order chi connectivity index (χ1) is 5.24. The maximum absolute atomic E-state index is 11.2. The number of methoxy groups -OCH3 is 1. The molecule has 3 atom stereocenters. The van der Waals surface area contributed by atoms with Gasteiger partial charge in [0.25, 0.3) is 0 Å². The lowest BCUT2D eigenvalue weighted by molar-refractivity contribution is -0.146. The Bertz CT molecular complexity index is 191. The molecule has 3 nitrogen and oxygen atoms in total. The van der Waals surface area contributed by atoms with Crippen molar-refractivity contribution in [3.8, 4) is 0 Å². The maximum Gasteiger partial charge on any atom is 0.323 e. The van der Waals surface area contributed by atoms with Gasteiger partial charge in [0.05, 0.1) is 7.11 Å². The molecule has 2 aliphatic rings. The zero-order valence-corrected chi connectivity index (χ0v) is 6.91. The summed E-state index contributed by atoms with van der Waals surface area (Å²) >= 11 is 0. The first kappa shape index (κ1) is 7.10. The Labute approximate surface area is 66.3 Å². The smallest absolute Gasteiger partial charge is 0.323 e. The number of hydrogen-bond donors (Lipinski definition) is 0. The highest BCUT2D eigenvalue weighted by Gasteiger charge is 2.54. The van der Waals surface area contributed by atoms with Crippen LogP contribution in [0, 0.1) is 11.8 Å². The van der Waals surface area contributed by atoms with Gasteiger partial charge >= 0.3 is 5.97 Å². The van der Waals surface area contributed by atoms with Crippen LogP contribution in [0.1, 0.15) is 6.42 Å². The number of esters is 1. The van der Waals surface area contributed by atoms with Crippen molar-refractivity contribution in [2.75, 3.05) is 20.7 Å². The molecule has 3 heteroatoms. The van der Waals surface area contributed by atoms with E-state index in [0.717, 1.165) is 12.5 Å². The van der Waals surface area contributed by atoms with E-state index in [4.69, 9.17) is 4.74 Å². The minimum Gasteiger partial charge on any atom is -0.468 e. The molecule has 1 aliphatic carbocycles. The summed E-state index contributed by atoms with van der Waals surface area (Å²) in [5.41, 5.74) is 0. The molecule has 0 amide bonds. The monoisotopic (exact) mass is 155 g/mol. The Morgan fingerprint density at radius 1 is 1.64 bits per heavy atom. The highest BCUT2D eigenvalue weighted by molar-refractivity contribution is 5.77. The molecular formula is C8H13NO2. The summed E-state index contributed by atoms with van der Waals surface area (Å²) in [5.74, 6) is 1.33. The van der Waals surface area contributed by atoms with E-state index in [1.807, 2.05) is 7.05 Å². The second-order valence-electron chi connectivity index (χ2n) is 3.57. The molecule has 0 N–H and O–H groups in total. The summed E-state index contributed by atoms with van der Waals surface area (Å²) in [5, 5.41) is 0. The van der Waals surface area contributed by atoms with Crippen LogP contribution < -0.4 is 0 Å². The number of carbonyl (C=O) groups is 1. The molecule has 2 rings (SSSR count). The van der Waals surface area contributed by atoms with Crippen molar-refractivity contribution in [3.63, 3.8) is 0 Å². The Kier molecular flexibility index (Phi) is 1.42. The number of hydrogen-bond acceptors (Lipinski definition) is 3. The van der Waals surface area contributed by atoms with Crippen LogP contribution in [0.25, 0.3) is 0 Å². The summed E-state index contributed by atoms with van der Waals surface area (Å²) < 4.78 is 4.72.